The van der Waals surface area contributed by atoms with Gasteiger partial charge in [0.15, 0.2) is 0 Å². The Morgan fingerprint density at radius 1 is 0.605 bits per heavy atom. The number of benzene rings is 4. The average Bonchev–Trinajstić information content (AvgIpc) is 3.41. The van der Waals surface area contributed by atoms with Crippen LogP contribution in [0.4, 0.5) is 0 Å². The van der Waals surface area contributed by atoms with E-state index in [9.17, 15) is 0 Å². The first-order valence-corrected chi connectivity index (χ1v) is 13.1. The summed E-state index contributed by atoms with van der Waals surface area (Å²) in [6.07, 6.45) is 1.85. The van der Waals surface area contributed by atoms with Crippen molar-refractivity contribution in [3.8, 4) is 22.3 Å². The molecule has 3 heterocycles. The van der Waals surface area contributed by atoms with Crippen LogP contribution in [0.3, 0.4) is 0 Å². The third-order valence-electron chi connectivity index (χ3n) is 8.22. The van der Waals surface area contributed by atoms with Gasteiger partial charge in [-0.15, -0.1) is 0 Å². The van der Waals surface area contributed by atoms with Crippen molar-refractivity contribution in [3.05, 3.63) is 97.2 Å². The average molecular weight is 497 g/mol. The lowest BCUT2D eigenvalue weighted by Crippen LogP contribution is -2.41. The highest BCUT2D eigenvalue weighted by molar-refractivity contribution is 6.65. The molecule has 0 aliphatic carbocycles. The number of nitrogens with zero attached hydrogens (tertiary/aromatic N) is 1. The van der Waals surface area contributed by atoms with Crippen LogP contribution in [0.1, 0.15) is 27.7 Å². The molecule has 0 amide bonds. The molecule has 0 atom stereocenters. The van der Waals surface area contributed by atoms with E-state index in [2.05, 4.69) is 100 Å². The van der Waals surface area contributed by atoms with E-state index in [1.165, 1.54) is 0 Å². The summed E-state index contributed by atoms with van der Waals surface area (Å²) in [5, 5.41) is 3.32. The summed E-state index contributed by atoms with van der Waals surface area (Å²) in [7, 11) is -0.438. The Hall–Kier alpha value is -3.93. The molecule has 0 unspecified atom stereocenters. The predicted octanol–water partition coefficient (Wildman–Crippen LogP) is 7.77. The Morgan fingerprint density at radius 2 is 1.21 bits per heavy atom. The van der Waals surface area contributed by atoms with Gasteiger partial charge in [0.25, 0.3) is 0 Å². The highest BCUT2D eigenvalue weighted by atomic mass is 16.7. The summed E-state index contributed by atoms with van der Waals surface area (Å²) >= 11 is 0. The van der Waals surface area contributed by atoms with Crippen LogP contribution in [0.5, 0.6) is 0 Å². The van der Waals surface area contributed by atoms with Gasteiger partial charge in [0, 0.05) is 33.5 Å². The van der Waals surface area contributed by atoms with Gasteiger partial charge in [0.05, 0.1) is 16.7 Å². The van der Waals surface area contributed by atoms with Crippen LogP contribution in [-0.2, 0) is 9.31 Å². The van der Waals surface area contributed by atoms with Gasteiger partial charge in [0.1, 0.15) is 11.2 Å². The second kappa shape index (κ2) is 8.29. The van der Waals surface area contributed by atoms with E-state index in [1.807, 2.05) is 24.4 Å². The van der Waals surface area contributed by atoms with Crippen LogP contribution >= 0.6 is 0 Å². The van der Waals surface area contributed by atoms with Gasteiger partial charge in [0.2, 0.25) is 0 Å². The van der Waals surface area contributed by atoms with Crippen molar-refractivity contribution in [2.75, 3.05) is 0 Å². The molecule has 38 heavy (non-hydrogen) atoms. The third-order valence-corrected chi connectivity index (χ3v) is 8.22. The molecule has 0 N–H and O–H groups in total. The summed E-state index contributed by atoms with van der Waals surface area (Å²) < 4.78 is 19.0. The Balaban J connectivity index is 1.29. The molecule has 0 bridgehead atoms. The van der Waals surface area contributed by atoms with E-state index < -0.39 is 18.3 Å². The zero-order valence-electron chi connectivity index (χ0n) is 22.0. The van der Waals surface area contributed by atoms with E-state index in [-0.39, 0.29) is 0 Å². The first-order chi connectivity index (χ1) is 18.3. The molecule has 1 aliphatic rings. The molecule has 5 heteroatoms. The third kappa shape index (κ3) is 3.50. The smallest absolute Gasteiger partial charge is 0.455 e. The minimum Gasteiger partial charge on any atom is -0.455 e. The first kappa shape index (κ1) is 23.2. The topological polar surface area (TPSA) is 44.5 Å². The van der Waals surface area contributed by atoms with Crippen molar-refractivity contribution >= 4 is 45.4 Å². The lowest BCUT2D eigenvalue weighted by molar-refractivity contribution is 0.00578. The number of para-hydroxylation sites is 3. The maximum Gasteiger partial charge on any atom is 0.495 e. The lowest BCUT2D eigenvalue weighted by Gasteiger charge is -2.32. The van der Waals surface area contributed by atoms with Crippen LogP contribution in [0.2, 0.25) is 0 Å². The van der Waals surface area contributed by atoms with Gasteiger partial charge in [-0.05, 0) is 56.4 Å². The molecule has 0 spiro atoms. The number of hydrogen-bond donors (Lipinski definition) is 0. The van der Waals surface area contributed by atoms with Crippen LogP contribution in [0, 0.1) is 0 Å². The Labute approximate surface area is 222 Å². The van der Waals surface area contributed by atoms with Crippen LogP contribution < -0.4 is 5.46 Å². The summed E-state index contributed by atoms with van der Waals surface area (Å²) in [6, 6.07) is 31.5. The molecular weight excluding hydrogens is 469 g/mol. The molecule has 6 aromatic rings. The number of hydrogen-bond acceptors (Lipinski definition) is 4. The lowest BCUT2D eigenvalue weighted by atomic mass is 9.76. The SMILES string of the molecule is CC1(C)OB(c2ccnc3c(-c4ccc(-c5cccc6c5oc5ccccc56)cc4)cccc23)OC1(C)C. The minimum absolute atomic E-state index is 0.399. The summed E-state index contributed by atoms with van der Waals surface area (Å²) in [5.41, 5.74) is 7.35. The molecule has 7 rings (SSSR count). The van der Waals surface area contributed by atoms with Crippen molar-refractivity contribution in [1.29, 1.82) is 0 Å². The van der Waals surface area contributed by atoms with E-state index in [1.54, 1.807) is 0 Å². The van der Waals surface area contributed by atoms with Gasteiger partial charge in [-0.25, -0.2) is 0 Å². The van der Waals surface area contributed by atoms with Crippen molar-refractivity contribution in [3.63, 3.8) is 0 Å². The number of aromatic nitrogens is 1. The highest BCUT2D eigenvalue weighted by Gasteiger charge is 2.52. The molecule has 0 radical (unpaired) electrons. The normalized spacial score (nSPS) is 16.6. The van der Waals surface area contributed by atoms with E-state index in [0.717, 1.165) is 60.6 Å². The zero-order valence-corrected chi connectivity index (χ0v) is 22.0. The summed E-state index contributed by atoms with van der Waals surface area (Å²) in [5.74, 6) is 0. The molecule has 186 valence electrons. The quantitative estimate of drug-likeness (QED) is 0.234. The van der Waals surface area contributed by atoms with Crippen LogP contribution in [0.15, 0.2) is 102 Å². The van der Waals surface area contributed by atoms with Crippen molar-refractivity contribution in [1.82, 2.24) is 4.98 Å². The van der Waals surface area contributed by atoms with Crippen molar-refractivity contribution in [2.45, 2.75) is 38.9 Å². The minimum atomic E-state index is -0.438. The van der Waals surface area contributed by atoms with Gasteiger partial charge >= 0.3 is 7.12 Å². The fraction of sp³-hybridized carbons (Fsp3) is 0.182. The maximum absolute atomic E-state index is 6.37. The number of rotatable bonds is 3. The van der Waals surface area contributed by atoms with Crippen molar-refractivity contribution < 1.29 is 13.7 Å². The molecule has 1 fully saturated rings. The highest BCUT2D eigenvalue weighted by Crippen LogP contribution is 2.39. The van der Waals surface area contributed by atoms with Gasteiger partial charge in [-0.3, -0.25) is 4.98 Å². The molecule has 2 aromatic heterocycles. The molecule has 4 nitrogen and oxygen atoms in total. The second-order valence-corrected chi connectivity index (χ2v) is 11.0. The largest absolute Gasteiger partial charge is 0.495 e. The van der Waals surface area contributed by atoms with Gasteiger partial charge in [-0.2, -0.15) is 0 Å². The molecular formula is C33H28BNO3. The standard InChI is InChI=1S/C33H28BNO3/c1-32(2)33(3,4)38-34(37-32)28-19-20-35-30-23(10-7-13-27(28)30)21-15-17-22(18-16-21)24-11-8-12-26-25-9-5-6-14-29(25)36-31(24)26/h5-20H,1-4H3. The maximum atomic E-state index is 6.37. The van der Waals surface area contributed by atoms with Crippen LogP contribution in [-0.4, -0.2) is 23.3 Å². The molecule has 1 aliphatic heterocycles. The summed E-state index contributed by atoms with van der Waals surface area (Å²) in [4.78, 5) is 4.78. The summed E-state index contributed by atoms with van der Waals surface area (Å²) in [6.45, 7) is 8.31. The molecule has 4 aromatic carbocycles. The first-order valence-electron chi connectivity index (χ1n) is 13.1. The Morgan fingerprint density at radius 3 is 1.95 bits per heavy atom. The van der Waals surface area contributed by atoms with Gasteiger partial charge < -0.3 is 13.7 Å². The number of fused-ring (bicyclic) bond motifs is 4. The zero-order chi connectivity index (χ0) is 26.1. The Bertz CT molecular complexity index is 1820. The molecule has 0 saturated carbocycles. The molecule has 1 saturated heterocycles. The number of furan rings is 1. The van der Waals surface area contributed by atoms with E-state index in [4.69, 9.17) is 18.7 Å². The van der Waals surface area contributed by atoms with Gasteiger partial charge in [-0.1, -0.05) is 78.9 Å². The fourth-order valence-electron chi connectivity index (χ4n) is 5.41. The second-order valence-electron chi connectivity index (χ2n) is 11.0. The van der Waals surface area contributed by atoms with E-state index >= 15 is 0 Å². The predicted molar refractivity (Wildman–Crippen MR) is 156 cm³/mol. The Kier molecular flexibility index (Phi) is 5.06. The number of pyridine rings is 1. The van der Waals surface area contributed by atoms with Crippen LogP contribution in [0.25, 0.3) is 55.1 Å². The monoisotopic (exact) mass is 497 g/mol. The van der Waals surface area contributed by atoms with Crippen molar-refractivity contribution in [2.24, 2.45) is 0 Å². The van der Waals surface area contributed by atoms with E-state index in [0.29, 0.717) is 0 Å². The fourth-order valence-corrected chi connectivity index (χ4v) is 5.41.